The molecule has 0 aromatic heterocycles. The van der Waals surface area contributed by atoms with E-state index >= 15 is 0 Å². The van der Waals surface area contributed by atoms with Crippen LogP contribution in [0.5, 0.6) is 0 Å². The molecular weight excluding hydrogens is 303 g/mol. The molecule has 0 aliphatic carbocycles. The van der Waals surface area contributed by atoms with Gasteiger partial charge in [-0.25, -0.2) is 15.0 Å². The van der Waals surface area contributed by atoms with Gasteiger partial charge in [-0.05, 0) is 45.5 Å². The first-order valence-electron chi connectivity index (χ1n) is 7.95. The van der Waals surface area contributed by atoms with Crippen LogP contribution in [0.1, 0.15) is 44.4 Å². The van der Waals surface area contributed by atoms with Crippen molar-refractivity contribution in [1.29, 1.82) is 0 Å². The van der Waals surface area contributed by atoms with Crippen molar-refractivity contribution in [3.8, 4) is 0 Å². The van der Waals surface area contributed by atoms with Gasteiger partial charge in [0.05, 0.1) is 13.3 Å². The van der Waals surface area contributed by atoms with Gasteiger partial charge in [-0.15, -0.1) is 0 Å². The number of hydrazone groups is 1. The zero-order valence-electron chi connectivity index (χ0n) is 14.6. The number of hydrogen-bond acceptors (Lipinski definition) is 2. The van der Waals surface area contributed by atoms with Crippen molar-refractivity contribution in [1.82, 2.24) is 0 Å². The highest BCUT2D eigenvalue weighted by molar-refractivity contribution is 6.00. The zero-order chi connectivity index (χ0) is 17.9. The van der Waals surface area contributed by atoms with Crippen LogP contribution >= 0.6 is 0 Å². The Morgan fingerprint density at radius 1 is 1.04 bits per heavy atom. The molecule has 24 heavy (non-hydrogen) atoms. The van der Waals surface area contributed by atoms with Crippen LogP contribution in [-0.2, 0) is 16.6 Å². The van der Waals surface area contributed by atoms with Gasteiger partial charge >= 0.3 is 5.91 Å². The van der Waals surface area contributed by atoms with Gasteiger partial charge in [-0.3, -0.25) is 0 Å². The van der Waals surface area contributed by atoms with Crippen molar-refractivity contribution in [3.05, 3.63) is 71.0 Å². The van der Waals surface area contributed by atoms with E-state index < -0.39 is 0 Å². The van der Waals surface area contributed by atoms with Crippen LogP contribution in [0.15, 0.2) is 48.5 Å². The molecule has 0 unspecified atom stereocenters. The molecule has 2 rings (SSSR count). The summed E-state index contributed by atoms with van der Waals surface area (Å²) >= 11 is 0. The summed E-state index contributed by atoms with van der Waals surface area (Å²) in [5, 5.41) is 0. The highest BCUT2D eigenvalue weighted by atomic mass is 19.1. The van der Waals surface area contributed by atoms with Crippen LogP contribution in [0.4, 0.5) is 4.39 Å². The molecule has 4 heteroatoms. The largest absolute Gasteiger partial charge is 0.411 e. The van der Waals surface area contributed by atoms with Crippen LogP contribution in [0.3, 0.4) is 0 Å². The number of benzene rings is 2. The molecule has 2 aromatic carbocycles. The number of nitrogens with two attached hydrogens (primary N) is 1. The van der Waals surface area contributed by atoms with E-state index in [9.17, 15) is 9.18 Å². The SMILES string of the molecule is CC(=O)[N+](N)=C(Cc1ccc(C(C)(C)C)cc1)c1ccc(F)cc1. The maximum absolute atomic E-state index is 13.2. The molecule has 126 valence electrons. The summed E-state index contributed by atoms with van der Waals surface area (Å²) in [6.45, 7) is 7.90. The second kappa shape index (κ2) is 6.95. The molecule has 0 heterocycles. The summed E-state index contributed by atoms with van der Waals surface area (Å²) in [6.07, 6.45) is 0.492. The quantitative estimate of drug-likeness (QED) is 0.308. The first kappa shape index (κ1) is 17.9. The molecule has 0 saturated carbocycles. The number of carbonyl (C=O) groups is 1. The Kier molecular flexibility index (Phi) is 5.17. The van der Waals surface area contributed by atoms with Gasteiger partial charge in [-0.2, -0.15) is 0 Å². The summed E-state index contributed by atoms with van der Waals surface area (Å²) in [5.41, 5.74) is 3.74. The molecule has 0 spiro atoms. The Bertz CT molecular complexity index is 754. The molecule has 0 aliphatic heterocycles. The predicted molar refractivity (Wildman–Crippen MR) is 94.5 cm³/mol. The van der Waals surface area contributed by atoms with Crippen molar-refractivity contribution >= 4 is 11.6 Å². The lowest BCUT2D eigenvalue weighted by Gasteiger charge is -2.19. The van der Waals surface area contributed by atoms with Gasteiger partial charge in [-0.1, -0.05) is 45.0 Å². The Hall–Kier alpha value is -2.49. The third-order valence-corrected chi connectivity index (χ3v) is 4.00. The van der Waals surface area contributed by atoms with Crippen molar-refractivity contribution in [3.63, 3.8) is 0 Å². The van der Waals surface area contributed by atoms with E-state index in [1.807, 2.05) is 12.1 Å². The van der Waals surface area contributed by atoms with Gasteiger partial charge in [0.15, 0.2) is 0 Å². The highest BCUT2D eigenvalue weighted by Crippen LogP contribution is 2.22. The van der Waals surface area contributed by atoms with Crippen LogP contribution in [-0.4, -0.2) is 16.3 Å². The van der Waals surface area contributed by atoms with Gasteiger partial charge in [0.1, 0.15) is 5.82 Å². The van der Waals surface area contributed by atoms with Gasteiger partial charge in [0.25, 0.3) is 0 Å². The molecular formula is C20H24FN2O+. The first-order valence-corrected chi connectivity index (χ1v) is 7.95. The summed E-state index contributed by atoms with van der Waals surface area (Å²) in [4.78, 5) is 11.7. The topological polar surface area (TPSA) is 46.1 Å². The molecule has 3 nitrogen and oxygen atoms in total. The number of hydrogen-bond donors (Lipinski definition) is 1. The predicted octanol–water partition coefficient (Wildman–Crippen LogP) is 3.59. The lowest BCUT2D eigenvalue weighted by molar-refractivity contribution is -0.458. The average molecular weight is 327 g/mol. The van der Waals surface area contributed by atoms with Gasteiger partial charge in [0, 0.05) is 5.56 Å². The monoisotopic (exact) mass is 327 g/mol. The molecule has 0 aliphatic rings. The fraction of sp³-hybridized carbons (Fsp3) is 0.300. The zero-order valence-corrected chi connectivity index (χ0v) is 14.6. The molecule has 0 saturated heterocycles. The second-order valence-electron chi connectivity index (χ2n) is 6.97. The Morgan fingerprint density at radius 2 is 1.58 bits per heavy atom. The minimum Gasteiger partial charge on any atom is -0.217 e. The van der Waals surface area contributed by atoms with Gasteiger partial charge in [0.2, 0.25) is 5.71 Å². The number of rotatable bonds is 3. The Morgan fingerprint density at radius 3 is 2.04 bits per heavy atom. The molecule has 1 amide bonds. The smallest absolute Gasteiger partial charge is 0.217 e. The van der Waals surface area contributed by atoms with Crippen LogP contribution in [0.25, 0.3) is 0 Å². The van der Waals surface area contributed by atoms with Crippen molar-refractivity contribution in [2.24, 2.45) is 5.84 Å². The fourth-order valence-electron chi connectivity index (χ4n) is 2.47. The number of carbonyl (C=O) groups excluding carboxylic acids is 1. The first-order chi connectivity index (χ1) is 11.2. The van der Waals surface area contributed by atoms with E-state index in [2.05, 4.69) is 32.9 Å². The fourth-order valence-corrected chi connectivity index (χ4v) is 2.47. The van der Waals surface area contributed by atoms with Gasteiger partial charge < -0.3 is 0 Å². The summed E-state index contributed by atoms with van der Waals surface area (Å²) in [5.74, 6) is 5.35. The molecule has 0 atom stereocenters. The van der Waals surface area contributed by atoms with Crippen LogP contribution in [0.2, 0.25) is 0 Å². The summed E-state index contributed by atoms with van der Waals surface area (Å²) in [7, 11) is 0. The van der Waals surface area contributed by atoms with Crippen molar-refractivity contribution in [2.45, 2.75) is 39.5 Å². The number of halogens is 1. The average Bonchev–Trinajstić information content (AvgIpc) is 2.52. The number of amides is 1. The normalized spacial score (nSPS) is 12.7. The molecule has 0 radical (unpaired) electrons. The summed E-state index contributed by atoms with van der Waals surface area (Å²) in [6, 6.07) is 14.3. The van der Waals surface area contributed by atoms with Crippen LogP contribution < -0.4 is 5.84 Å². The maximum atomic E-state index is 13.2. The lowest BCUT2D eigenvalue weighted by atomic mass is 9.86. The molecule has 0 fully saturated rings. The van der Waals surface area contributed by atoms with Crippen molar-refractivity contribution < 1.29 is 13.9 Å². The van der Waals surface area contributed by atoms with Crippen LogP contribution in [0, 0.1) is 5.82 Å². The lowest BCUT2D eigenvalue weighted by Crippen LogP contribution is -2.33. The third kappa shape index (κ3) is 4.28. The Balaban J connectivity index is 2.38. The molecule has 2 aromatic rings. The Labute approximate surface area is 142 Å². The van der Waals surface area contributed by atoms with E-state index in [1.54, 1.807) is 12.1 Å². The van der Waals surface area contributed by atoms with Crippen molar-refractivity contribution in [2.75, 3.05) is 0 Å². The van der Waals surface area contributed by atoms with E-state index in [0.29, 0.717) is 12.1 Å². The summed E-state index contributed by atoms with van der Waals surface area (Å²) < 4.78 is 14.3. The molecule has 2 N–H and O–H groups in total. The third-order valence-electron chi connectivity index (χ3n) is 4.00. The maximum Gasteiger partial charge on any atom is 0.411 e. The van der Waals surface area contributed by atoms with E-state index in [-0.39, 0.29) is 17.1 Å². The standard InChI is InChI=1S/C20H24FN2O/c1-14(24)23(22)19(16-7-11-18(21)12-8-16)13-15-5-9-17(10-6-15)20(2,3)4/h5-12H,13,22H2,1-4H3/q+1. The van der Waals surface area contributed by atoms with E-state index in [4.69, 9.17) is 5.84 Å². The van der Waals surface area contributed by atoms with E-state index in [1.165, 1.54) is 24.6 Å². The highest BCUT2D eigenvalue weighted by Gasteiger charge is 2.21. The number of nitrogens with zero attached hydrogens (tertiary/aromatic N) is 1. The minimum atomic E-state index is -0.320. The minimum absolute atomic E-state index is 0.0846. The van der Waals surface area contributed by atoms with E-state index in [0.717, 1.165) is 15.8 Å². The molecule has 0 bridgehead atoms. The second-order valence-corrected chi connectivity index (χ2v) is 6.97. The number of hydrazine groups is 1.